The number of carbonyl (C=O) groups is 2. The van der Waals surface area contributed by atoms with E-state index in [9.17, 15) is 14.0 Å². The minimum atomic E-state index is -0.195. The summed E-state index contributed by atoms with van der Waals surface area (Å²) in [4.78, 5) is 28.5. The molecule has 1 saturated carbocycles. The molecule has 2 amide bonds. The highest BCUT2D eigenvalue weighted by Gasteiger charge is 2.45. The van der Waals surface area contributed by atoms with E-state index in [1.165, 1.54) is 18.9 Å². The molecule has 2 aliphatic heterocycles. The third-order valence-corrected chi connectivity index (χ3v) is 6.28. The van der Waals surface area contributed by atoms with Crippen LogP contribution in [0, 0.1) is 11.2 Å². The van der Waals surface area contributed by atoms with Gasteiger partial charge in [0.25, 0.3) is 0 Å². The fourth-order valence-electron chi connectivity index (χ4n) is 4.90. The minimum absolute atomic E-state index is 0.00207. The topological polar surface area (TPSA) is 40.6 Å². The molecule has 4 rings (SSSR count). The van der Waals surface area contributed by atoms with Gasteiger partial charge in [-0.3, -0.25) is 9.59 Å². The number of hydrogen-bond acceptors (Lipinski definition) is 2. The third kappa shape index (κ3) is 3.16. The van der Waals surface area contributed by atoms with Crippen molar-refractivity contribution in [2.75, 3.05) is 26.2 Å². The Morgan fingerprint density at radius 2 is 2.00 bits per heavy atom. The van der Waals surface area contributed by atoms with Crippen LogP contribution in [0.5, 0.6) is 0 Å². The van der Waals surface area contributed by atoms with Gasteiger partial charge in [-0.05, 0) is 36.3 Å². The first kappa shape index (κ1) is 16.6. The van der Waals surface area contributed by atoms with E-state index in [0.29, 0.717) is 25.1 Å². The van der Waals surface area contributed by atoms with Crippen LogP contribution in [0.25, 0.3) is 0 Å². The average Bonchev–Trinajstić information content (AvgIpc) is 3.30. The number of amides is 2. The van der Waals surface area contributed by atoms with Crippen molar-refractivity contribution in [1.29, 1.82) is 0 Å². The van der Waals surface area contributed by atoms with Gasteiger partial charge in [0.15, 0.2) is 0 Å². The van der Waals surface area contributed by atoms with Crippen LogP contribution in [0.3, 0.4) is 0 Å². The van der Waals surface area contributed by atoms with Crippen molar-refractivity contribution in [3.63, 3.8) is 0 Å². The summed E-state index contributed by atoms with van der Waals surface area (Å²) in [5, 5.41) is 0. The lowest BCUT2D eigenvalue weighted by atomic mass is 9.85. The molecule has 1 aliphatic carbocycles. The van der Waals surface area contributed by atoms with Gasteiger partial charge in [0.1, 0.15) is 5.82 Å². The van der Waals surface area contributed by atoms with E-state index in [4.69, 9.17) is 0 Å². The molecular formula is C20H25FN2O2. The molecule has 1 spiro atoms. The molecule has 25 heavy (non-hydrogen) atoms. The van der Waals surface area contributed by atoms with Crippen molar-refractivity contribution in [3.05, 3.63) is 35.6 Å². The van der Waals surface area contributed by atoms with E-state index in [0.717, 1.165) is 25.8 Å². The highest BCUT2D eigenvalue weighted by atomic mass is 19.1. The minimum Gasteiger partial charge on any atom is -0.341 e. The van der Waals surface area contributed by atoms with Crippen LogP contribution in [0.4, 0.5) is 4.39 Å². The molecule has 0 radical (unpaired) electrons. The molecule has 5 heteroatoms. The SMILES string of the molecule is O=C(CN1CC2(CCCC2)CC1=O)N1CC[C@H](c2ccccc2F)C1. The van der Waals surface area contributed by atoms with Crippen molar-refractivity contribution in [2.45, 2.75) is 44.4 Å². The average molecular weight is 344 g/mol. The Hall–Kier alpha value is -1.91. The van der Waals surface area contributed by atoms with Crippen molar-refractivity contribution in [3.8, 4) is 0 Å². The van der Waals surface area contributed by atoms with Gasteiger partial charge >= 0.3 is 0 Å². The van der Waals surface area contributed by atoms with E-state index >= 15 is 0 Å². The Labute approximate surface area is 148 Å². The Morgan fingerprint density at radius 3 is 2.76 bits per heavy atom. The first-order valence-corrected chi connectivity index (χ1v) is 9.36. The number of halogens is 1. The maximum atomic E-state index is 14.0. The summed E-state index contributed by atoms with van der Waals surface area (Å²) in [6.07, 6.45) is 6.02. The van der Waals surface area contributed by atoms with Crippen LogP contribution in [0.2, 0.25) is 0 Å². The smallest absolute Gasteiger partial charge is 0.242 e. The summed E-state index contributed by atoms with van der Waals surface area (Å²) in [6.45, 7) is 2.12. The Bertz CT molecular complexity index is 684. The summed E-state index contributed by atoms with van der Waals surface area (Å²) < 4.78 is 14.0. The third-order valence-electron chi connectivity index (χ3n) is 6.28. The molecule has 4 nitrogen and oxygen atoms in total. The van der Waals surface area contributed by atoms with Gasteiger partial charge in [-0.1, -0.05) is 31.0 Å². The molecular weight excluding hydrogens is 319 g/mol. The molecule has 1 aromatic rings. The molecule has 0 unspecified atom stereocenters. The molecule has 2 heterocycles. The number of hydrogen-bond donors (Lipinski definition) is 0. The number of benzene rings is 1. The van der Waals surface area contributed by atoms with Gasteiger partial charge in [0, 0.05) is 32.0 Å². The van der Waals surface area contributed by atoms with Crippen molar-refractivity contribution in [2.24, 2.45) is 5.41 Å². The van der Waals surface area contributed by atoms with E-state index in [-0.39, 0.29) is 35.5 Å². The van der Waals surface area contributed by atoms with Crippen molar-refractivity contribution in [1.82, 2.24) is 9.80 Å². The van der Waals surface area contributed by atoms with E-state index in [1.54, 1.807) is 15.9 Å². The van der Waals surface area contributed by atoms with Crippen LogP contribution in [0.15, 0.2) is 24.3 Å². The lowest BCUT2D eigenvalue weighted by molar-refractivity contribution is -0.137. The molecule has 0 N–H and O–H groups in total. The molecule has 1 aromatic carbocycles. The number of rotatable bonds is 3. The second-order valence-corrected chi connectivity index (χ2v) is 7.98. The lowest BCUT2D eigenvalue weighted by Crippen LogP contribution is -2.40. The fourth-order valence-corrected chi connectivity index (χ4v) is 4.90. The normalized spacial score (nSPS) is 25.3. The van der Waals surface area contributed by atoms with Crippen LogP contribution in [-0.4, -0.2) is 47.8 Å². The van der Waals surface area contributed by atoms with E-state index in [1.807, 2.05) is 12.1 Å². The Morgan fingerprint density at radius 1 is 1.24 bits per heavy atom. The van der Waals surface area contributed by atoms with Crippen LogP contribution in [0.1, 0.15) is 50.0 Å². The highest BCUT2D eigenvalue weighted by Crippen LogP contribution is 2.45. The summed E-state index contributed by atoms with van der Waals surface area (Å²) in [6, 6.07) is 6.81. The molecule has 0 bridgehead atoms. The Balaban J connectivity index is 1.36. The second kappa shape index (κ2) is 6.43. The molecule has 3 fully saturated rings. The van der Waals surface area contributed by atoms with Gasteiger partial charge in [-0.2, -0.15) is 0 Å². The van der Waals surface area contributed by atoms with Crippen LogP contribution in [-0.2, 0) is 9.59 Å². The van der Waals surface area contributed by atoms with Gasteiger partial charge in [-0.25, -0.2) is 4.39 Å². The van der Waals surface area contributed by atoms with Gasteiger partial charge < -0.3 is 9.80 Å². The summed E-state index contributed by atoms with van der Waals surface area (Å²) >= 11 is 0. The zero-order valence-electron chi connectivity index (χ0n) is 14.5. The molecule has 0 aromatic heterocycles. The predicted molar refractivity (Wildman–Crippen MR) is 92.4 cm³/mol. The van der Waals surface area contributed by atoms with Crippen LogP contribution >= 0.6 is 0 Å². The van der Waals surface area contributed by atoms with Gasteiger partial charge in [-0.15, -0.1) is 0 Å². The molecule has 3 aliphatic rings. The predicted octanol–water partition coefficient (Wildman–Crippen LogP) is 2.93. The second-order valence-electron chi connectivity index (χ2n) is 7.98. The van der Waals surface area contributed by atoms with Gasteiger partial charge in [0.2, 0.25) is 11.8 Å². The molecule has 1 atom stereocenters. The van der Waals surface area contributed by atoms with Gasteiger partial charge in [0.05, 0.1) is 6.54 Å². The van der Waals surface area contributed by atoms with Crippen LogP contribution < -0.4 is 0 Å². The summed E-state index contributed by atoms with van der Waals surface area (Å²) in [7, 11) is 0. The van der Waals surface area contributed by atoms with E-state index in [2.05, 4.69) is 0 Å². The highest BCUT2D eigenvalue weighted by molar-refractivity contribution is 5.86. The fraction of sp³-hybridized carbons (Fsp3) is 0.600. The monoisotopic (exact) mass is 344 g/mol. The standard InChI is InChI=1S/C20H25FN2O2/c21-17-6-2-1-5-16(17)15-7-10-22(12-15)19(25)13-23-14-20(11-18(23)24)8-3-4-9-20/h1-2,5-6,15H,3-4,7-14H2/t15-/m0/s1. The van der Waals surface area contributed by atoms with E-state index < -0.39 is 0 Å². The number of nitrogens with zero attached hydrogens (tertiary/aromatic N) is 2. The molecule has 2 saturated heterocycles. The zero-order valence-corrected chi connectivity index (χ0v) is 14.5. The Kier molecular flexibility index (Phi) is 4.26. The summed E-state index contributed by atoms with van der Waals surface area (Å²) in [5.74, 6) is -0.0114. The first-order chi connectivity index (χ1) is 12.1. The zero-order chi connectivity index (χ0) is 17.4. The maximum Gasteiger partial charge on any atom is 0.242 e. The van der Waals surface area contributed by atoms with Crippen molar-refractivity contribution < 1.29 is 14.0 Å². The lowest BCUT2D eigenvalue weighted by Gasteiger charge is -2.24. The van der Waals surface area contributed by atoms with Crippen molar-refractivity contribution >= 4 is 11.8 Å². The first-order valence-electron chi connectivity index (χ1n) is 9.36. The number of likely N-dealkylation sites (tertiary alicyclic amines) is 2. The number of carbonyl (C=O) groups excluding carboxylic acids is 2. The quantitative estimate of drug-likeness (QED) is 0.846. The maximum absolute atomic E-state index is 14.0. The molecule has 134 valence electrons. The largest absolute Gasteiger partial charge is 0.341 e. The summed E-state index contributed by atoms with van der Waals surface area (Å²) in [5.41, 5.74) is 0.831.